The standard InChI is InChI=1S/C7H14BrN/c1-6(2)3-9-4-7(8)5-9/h6-7H,3-5H2,1-2H3. The predicted molar refractivity (Wildman–Crippen MR) is 44.0 cm³/mol. The number of halogens is 1. The molecule has 0 aromatic rings. The van der Waals surface area contributed by atoms with Crippen LogP contribution in [-0.4, -0.2) is 29.4 Å². The molecule has 1 aliphatic heterocycles. The first kappa shape index (κ1) is 7.55. The number of alkyl halides is 1. The molecule has 0 radical (unpaired) electrons. The van der Waals surface area contributed by atoms with Gasteiger partial charge in [-0.25, -0.2) is 0 Å². The van der Waals surface area contributed by atoms with Gasteiger partial charge in [0, 0.05) is 24.5 Å². The lowest BCUT2D eigenvalue weighted by atomic mass is 10.1. The summed E-state index contributed by atoms with van der Waals surface area (Å²) in [5.74, 6) is 0.824. The Morgan fingerprint density at radius 2 is 2.11 bits per heavy atom. The molecule has 1 heterocycles. The Hall–Kier alpha value is 0.440. The van der Waals surface area contributed by atoms with Crippen molar-refractivity contribution in [2.75, 3.05) is 19.6 Å². The highest BCUT2D eigenvalue weighted by Gasteiger charge is 2.23. The number of nitrogens with zero attached hydrogens (tertiary/aromatic N) is 1. The van der Waals surface area contributed by atoms with Crippen molar-refractivity contribution in [2.24, 2.45) is 5.92 Å². The van der Waals surface area contributed by atoms with Crippen molar-refractivity contribution in [3.05, 3.63) is 0 Å². The monoisotopic (exact) mass is 191 g/mol. The van der Waals surface area contributed by atoms with E-state index in [-0.39, 0.29) is 0 Å². The molecule has 2 heteroatoms. The lowest BCUT2D eigenvalue weighted by molar-refractivity contribution is 0.172. The second-order valence-electron chi connectivity index (χ2n) is 3.21. The molecule has 1 rings (SSSR count). The fourth-order valence-corrected chi connectivity index (χ4v) is 1.99. The second kappa shape index (κ2) is 3.02. The van der Waals surface area contributed by atoms with Crippen LogP contribution < -0.4 is 0 Å². The SMILES string of the molecule is CC(C)CN1CC(Br)C1. The molecule has 0 spiro atoms. The van der Waals surface area contributed by atoms with Crippen molar-refractivity contribution in [1.29, 1.82) is 0 Å². The summed E-state index contributed by atoms with van der Waals surface area (Å²) in [4.78, 5) is 3.25. The van der Waals surface area contributed by atoms with Crippen molar-refractivity contribution < 1.29 is 0 Å². The maximum absolute atomic E-state index is 3.55. The average Bonchev–Trinajstić information content (AvgIpc) is 1.60. The first-order valence-corrected chi connectivity index (χ1v) is 4.46. The summed E-state index contributed by atoms with van der Waals surface area (Å²) in [5.41, 5.74) is 0. The molecule has 0 aromatic heterocycles. The summed E-state index contributed by atoms with van der Waals surface area (Å²) in [6.45, 7) is 8.29. The molecule has 1 aliphatic rings. The fraction of sp³-hybridized carbons (Fsp3) is 1.00. The molecular weight excluding hydrogens is 178 g/mol. The van der Waals surface area contributed by atoms with Gasteiger partial charge >= 0.3 is 0 Å². The van der Waals surface area contributed by atoms with Crippen LogP contribution >= 0.6 is 15.9 Å². The van der Waals surface area contributed by atoms with Crippen LogP contribution in [0.25, 0.3) is 0 Å². The summed E-state index contributed by atoms with van der Waals surface area (Å²) in [6, 6.07) is 0. The van der Waals surface area contributed by atoms with E-state index >= 15 is 0 Å². The molecule has 9 heavy (non-hydrogen) atoms. The van der Waals surface area contributed by atoms with Crippen molar-refractivity contribution in [3.8, 4) is 0 Å². The van der Waals surface area contributed by atoms with Crippen molar-refractivity contribution in [1.82, 2.24) is 4.90 Å². The maximum Gasteiger partial charge on any atom is 0.0400 e. The van der Waals surface area contributed by atoms with Gasteiger partial charge in [-0.1, -0.05) is 29.8 Å². The molecule has 0 N–H and O–H groups in total. The van der Waals surface area contributed by atoms with Gasteiger partial charge in [0.05, 0.1) is 0 Å². The second-order valence-corrected chi connectivity index (χ2v) is 4.50. The number of hydrogen-bond donors (Lipinski definition) is 0. The first-order chi connectivity index (χ1) is 4.18. The average molecular weight is 192 g/mol. The van der Waals surface area contributed by atoms with Crippen LogP contribution in [-0.2, 0) is 0 Å². The fourth-order valence-electron chi connectivity index (χ4n) is 1.17. The third kappa shape index (κ3) is 2.26. The van der Waals surface area contributed by atoms with E-state index in [1.807, 2.05) is 0 Å². The van der Waals surface area contributed by atoms with Crippen molar-refractivity contribution >= 4 is 15.9 Å². The highest BCUT2D eigenvalue weighted by atomic mass is 79.9. The maximum atomic E-state index is 3.55. The molecule has 1 saturated heterocycles. The summed E-state index contributed by atoms with van der Waals surface area (Å²) in [6.07, 6.45) is 0. The Morgan fingerprint density at radius 1 is 1.56 bits per heavy atom. The van der Waals surface area contributed by atoms with Crippen LogP contribution in [0, 0.1) is 5.92 Å². The topological polar surface area (TPSA) is 3.24 Å². The van der Waals surface area contributed by atoms with Gasteiger partial charge in [0.1, 0.15) is 0 Å². The Balaban J connectivity index is 2.04. The number of hydrogen-bond acceptors (Lipinski definition) is 1. The van der Waals surface area contributed by atoms with Gasteiger partial charge in [-0.2, -0.15) is 0 Å². The lowest BCUT2D eigenvalue weighted by Crippen LogP contribution is -2.48. The van der Waals surface area contributed by atoms with Crippen LogP contribution in [0.3, 0.4) is 0 Å². The molecule has 0 aromatic carbocycles. The minimum Gasteiger partial charge on any atom is -0.301 e. The molecule has 0 bridgehead atoms. The molecule has 1 fully saturated rings. The molecule has 0 amide bonds. The highest BCUT2D eigenvalue weighted by Crippen LogP contribution is 2.16. The van der Waals surface area contributed by atoms with E-state index in [0.29, 0.717) is 0 Å². The van der Waals surface area contributed by atoms with E-state index < -0.39 is 0 Å². The largest absolute Gasteiger partial charge is 0.301 e. The van der Waals surface area contributed by atoms with Gasteiger partial charge in [0.15, 0.2) is 0 Å². The predicted octanol–water partition coefficient (Wildman–Crippen LogP) is 1.72. The van der Waals surface area contributed by atoms with E-state index in [2.05, 4.69) is 34.7 Å². The van der Waals surface area contributed by atoms with Crippen LogP contribution in [0.4, 0.5) is 0 Å². The molecule has 1 nitrogen and oxygen atoms in total. The smallest absolute Gasteiger partial charge is 0.0400 e. The third-order valence-corrected chi connectivity index (χ3v) is 2.12. The zero-order chi connectivity index (χ0) is 6.85. The van der Waals surface area contributed by atoms with Crippen LogP contribution in [0.2, 0.25) is 0 Å². The molecule has 54 valence electrons. The van der Waals surface area contributed by atoms with E-state index in [9.17, 15) is 0 Å². The van der Waals surface area contributed by atoms with E-state index in [0.717, 1.165) is 10.7 Å². The summed E-state index contributed by atoms with van der Waals surface area (Å²) >= 11 is 3.55. The van der Waals surface area contributed by atoms with Gasteiger partial charge in [0.2, 0.25) is 0 Å². The molecule has 0 unspecified atom stereocenters. The van der Waals surface area contributed by atoms with Crippen LogP contribution in [0.15, 0.2) is 0 Å². The highest BCUT2D eigenvalue weighted by molar-refractivity contribution is 9.09. The zero-order valence-electron chi connectivity index (χ0n) is 6.10. The Bertz CT molecular complexity index is 86.9. The quantitative estimate of drug-likeness (QED) is 0.602. The number of likely N-dealkylation sites (tertiary alicyclic amines) is 1. The first-order valence-electron chi connectivity index (χ1n) is 3.55. The zero-order valence-corrected chi connectivity index (χ0v) is 7.69. The summed E-state index contributed by atoms with van der Waals surface area (Å²) < 4.78 is 0. The van der Waals surface area contributed by atoms with Gasteiger partial charge in [-0.05, 0) is 5.92 Å². The Morgan fingerprint density at radius 3 is 2.44 bits per heavy atom. The van der Waals surface area contributed by atoms with Crippen molar-refractivity contribution in [3.63, 3.8) is 0 Å². The van der Waals surface area contributed by atoms with Gasteiger partial charge in [0.25, 0.3) is 0 Å². The van der Waals surface area contributed by atoms with Crippen LogP contribution in [0.1, 0.15) is 13.8 Å². The minimum absolute atomic E-state index is 0.774. The van der Waals surface area contributed by atoms with E-state index in [4.69, 9.17) is 0 Å². The van der Waals surface area contributed by atoms with Gasteiger partial charge in [-0.3, -0.25) is 0 Å². The number of rotatable bonds is 2. The van der Waals surface area contributed by atoms with Crippen molar-refractivity contribution in [2.45, 2.75) is 18.7 Å². The molecule has 0 aliphatic carbocycles. The minimum atomic E-state index is 0.774. The van der Waals surface area contributed by atoms with E-state index in [1.54, 1.807) is 0 Å². The van der Waals surface area contributed by atoms with E-state index in [1.165, 1.54) is 19.6 Å². The molecule has 0 saturated carbocycles. The Kier molecular flexibility index (Phi) is 2.53. The van der Waals surface area contributed by atoms with Crippen LogP contribution in [0.5, 0.6) is 0 Å². The molecular formula is C7H14BrN. The molecule has 0 atom stereocenters. The van der Waals surface area contributed by atoms with Gasteiger partial charge in [-0.15, -0.1) is 0 Å². The lowest BCUT2D eigenvalue weighted by Gasteiger charge is -2.36. The third-order valence-electron chi connectivity index (χ3n) is 1.54. The van der Waals surface area contributed by atoms with Gasteiger partial charge < -0.3 is 4.90 Å². The Labute approximate surface area is 65.6 Å². The summed E-state index contributed by atoms with van der Waals surface area (Å²) in [5, 5.41) is 0. The normalized spacial score (nSPS) is 22.7. The summed E-state index contributed by atoms with van der Waals surface area (Å²) in [7, 11) is 0.